The van der Waals surface area contributed by atoms with Crippen LogP contribution in [-0.2, 0) is 13.1 Å². The average Bonchev–Trinajstić information content (AvgIpc) is 2.52. The standard InChI is InChI=1S/C16H16ClFN2OS/c1-21-14-6-2-11(3-7-14)9-19-16(22)20-10-12-4-5-13(18)8-15(12)17/h2-8H,9-10H2,1H3,(H2,19,20,22). The van der Waals surface area contributed by atoms with Gasteiger partial charge in [0.2, 0.25) is 0 Å². The first kappa shape index (κ1) is 16.5. The molecule has 0 spiro atoms. The van der Waals surface area contributed by atoms with Gasteiger partial charge in [-0.3, -0.25) is 0 Å². The van der Waals surface area contributed by atoms with Crippen LogP contribution >= 0.6 is 23.8 Å². The van der Waals surface area contributed by atoms with Gasteiger partial charge in [-0.15, -0.1) is 0 Å². The summed E-state index contributed by atoms with van der Waals surface area (Å²) in [6.45, 7) is 1.04. The number of ether oxygens (including phenoxy) is 1. The molecule has 2 N–H and O–H groups in total. The zero-order valence-electron chi connectivity index (χ0n) is 12.0. The van der Waals surface area contributed by atoms with Crippen LogP contribution in [0.15, 0.2) is 42.5 Å². The lowest BCUT2D eigenvalue weighted by molar-refractivity contribution is 0.414. The molecule has 0 heterocycles. The molecule has 0 amide bonds. The Morgan fingerprint density at radius 1 is 1.14 bits per heavy atom. The fourth-order valence-electron chi connectivity index (χ4n) is 1.83. The highest BCUT2D eigenvalue weighted by Crippen LogP contribution is 2.16. The molecule has 6 heteroatoms. The zero-order chi connectivity index (χ0) is 15.9. The normalized spacial score (nSPS) is 10.1. The topological polar surface area (TPSA) is 33.3 Å². The molecule has 3 nitrogen and oxygen atoms in total. The summed E-state index contributed by atoms with van der Waals surface area (Å²) >= 11 is 11.2. The Hall–Kier alpha value is -1.85. The number of hydrogen-bond donors (Lipinski definition) is 2. The number of rotatable bonds is 5. The molecule has 0 saturated heterocycles. The van der Waals surface area contributed by atoms with Crippen molar-refractivity contribution in [1.82, 2.24) is 10.6 Å². The van der Waals surface area contributed by atoms with Crippen LogP contribution in [0.2, 0.25) is 5.02 Å². The van der Waals surface area contributed by atoms with Gasteiger partial charge in [-0.2, -0.15) is 0 Å². The van der Waals surface area contributed by atoms with E-state index in [1.807, 2.05) is 24.3 Å². The van der Waals surface area contributed by atoms with E-state index in [9.17, 15) is 4.39 Å². The highest BCUT2D eigenvalue weighted by atomic mass is 35.5. The van der Waals surface area contributed by atoms with Crippen molar-refractivity contribution in [3.8, 4) is 5.75 Å². The Morgan fingerprint density at radius 2 is 1.82 bits per heavy atom. The van der Waals surface area contributed by atoms with E-state index in [4.69, 9.17) is 28.6 Å². The third kappa shape index (κ3) is 4.86. The molecule has 0 aliphatic rings. The summed E-state index contributed by atoms with van der Waals surface area (Å²) in [5.74, 6) is 0.462. The third-order valence-electron chi connectivity index (χ3n) is 3.07. The SMILES string of the molecule is COc1ccc(CNC(=S)NCc2ccc(F)cc2Cl)cc1. The first-order valence-corrected chi connectivity index (χ1v) is 7.45. The molecular formula is C16H16ClFN2OS. The van der Waals surface area contributed by atoms with Crippen LogP contribution in [0.5, 0.6) is 5.75 Å². The fourth-order valence-corrected chi connectivity index (χ4v) is 2.21. The summed E-state index contributed by atoms with van der Waals surface area (Å²) in [4.78, 5) is 0. The van der Waals surface area contributed by atoms with Crippen molar-refractivity contribution in [2.24, 2.45) is 0 Å². The van der Waals surface area contributed by atoms with Gasteiger partial charge < -0.3 is 15.4 Å². The molecular weight excluding hydrogens is 323 g/mol. The van der Waals surface area contributed by atoms with E-state index >= 15 is 0 Å². The average molecular weight is 339 g/mol. The van der Waals surface area contributed by atoms with Crippen molar-refractivity contribution in [3.63, 3.8) is 0 Å². The van der Waals surface area contributed by atoms with Gasteiger partial charge in [0, 0.05) is 18.1 Å². The van der Waals surface area contributed by atoms with Gasteiger partial charge in [-0.1, -0.05) is 29.8 Å². The van der Waals surface area contributed by atoms with Crippen LogP contribution in [-0.4, -0.2) is 12.2 Å². The minimum absolute atomic E-state index is 0.353. The molecule has 0 aliphatic carbocycles. The van der Waals surface area contributed by atoms with Crippen molar-refractivity contribution in [3.05, 3.63) is 64.4 Å². The molecule has 0 atom stereocenters. The first-order valence-electron chi connectivity index (χ1n) is 6.67. The van der Waals surface area contributed by atoms with E-state index in [-0.39, 0.29) is 5.82 Å². The minimum atomic E-state index is -0.353. The van der Waals surface area contributed by atoms with E-state index in [1.165, 1.54) is 12.1 Å². The first-order chi connectivity index (χ1) is 10.6. The smallest absolute Gasteiger partial charge is 0.166 e. The maximum Gasteiger partial charge on any atom is 0.166 e. The molecule has 0 aliphatic heterocycles. The number of methoxy groups -OCH3 is 1. The Morgan fingerprint density at radius 3 is 2.45 bits per heavy atom. The maximum atomic E-state index is 13.0. The molecule has 0 fully saturated rings. The van der Waals surface area contributed by atoms with Crippen LogP contribution in [0.4, 0.5) is 4.39 Å². The van der Waals surface area contributed by atoms with Crippen molar-refractivity contribution in [1.29, 1.82) is 0 Å². The van der Waals surface area contributed by atoms with Crippen LogP contribution in [0, 0.1) is 5.82 Å². The Bertz CT molecular complexity index is 649. The van der Waals surface area contributed by atoms with Gasteiger partial charge in [0.05, 0.1) is 7.11 Å². The van der Waals surface area contributed by atoms with Gasteiger partial charge >= 0.3 is 0 Å². The quantitative estimate of drug-likeness (QED) is 0.815. The second-order valence-corrected chi connectivity index (χ2v) is 5.44. The van der Waals surface area contributed by atoms with E-state index in [0.717, 1.165) is 16.9 Å². The van der Waals surface area contributed by atoms with Crippen LogP contribution in [0.1, 0.15) is 11.1 Å². The van der Waals surface area contributed by atoms with Gasteiger partial charge in [0.1, 0.15) is 11.6 Å². The number of thiocarbonyl (C=S) groups is 1. The number of halogens is 2. The lowest BCUT2D eigenvalue weighted by atomic mass is 10.2. The van der Waals surface area contributed by atoms with Crippen LogP contribution < -0.4 is 15.4 Å². The number of hydrogen-bond acceptors (Lipinski definition) is 2. The van der Waals surface area contributed by atoms with E-state index in [2.05, 4.69) is 10.6 Å². The van der Waals surface area contributed by atoms with Gasteiger partial charge in [0.15, 0.2) is 5.11 Å². The highest BCUT2D eigenvalue weighted by molar-refractivity contribution is 7.80. The van der Waals surface area contributed by atoms with Gasteiger partial charge in [-0.05, 0) is 47.6 Å². The van der Waals surface area contributed by atoms with Crippen LogP contribution in [0.3, 0.4) is 0 Å². The van der Waals surface area contributed by atoms with Gasteiger partial charge in [0.25, 0.3) is 0 Å². The predicted octanol–water partition coefficient (Wildman–Crippen LogP) is 3.65. The molecule has 0 radical (unpaired) electrons. The molecule has 0 saturated carbocycles. The Kier molecular flexibility index (Phi) is 5.98. The Labute approximate surface area is 139 Å². The second kappa shape index (κ2) is 7.96. The summed E-state index contributed by atoms with van der Waals surface area (Å²) in [7, 11) is 1.63. The number of nitrogens with one attached hydrogen (secondary N) is 2. The van der Waals surface area contributed by atoms with E-state index < -0.39 is 0 Å². The summed E-state index contributed by atoms with van der Waals surface area (Å²) in [5, 5.41) is 7.03. The van der Waals surface area contributed by atoms with Gasteiger partial charge in [-0.25, -0.2) is 4.39 Å². The lowest BCUT2D eigenvalue weighted by Crippen LogP contribution is -2.34. The molecule has 0 aromatic heterocycles. The lowest BCUT2D eigenvalue weighted by Gasteiger charge is -2.12. The molecule has 116 valence electrons. The molecule has 2 rings (SSSR count). The predicted molar refractivity (Wildman–Crippen MR) is 90.7 cm³/mol. The summed E-state index contributed by atoms with van der Waals surface area (Å²) in [5.41, 5.74) is 1.88. The minimum Gasteiger partial charge on any atom is -0.497 e. The zero-order valence-corrected chi connectivity index (χ0v) is 13.6. The largest absolute Gasteiger partial charge is 0.497 e. The highest BCUT2D eigenvalue weighted by Gasteiger charge is 2.03. The molecule has 0 unspecified atom stereocenters. The van der Waals surface area contributed by atoms with E-state index in [1.54, 1.807) is 13.2 Å². The van der Waals surface area contributed by atoms with Crippen LogP contribution in [0.25, 0.3) is 0 Å². The summed E-state index contributed by atoms with van der Waals surface area (Å²) in [6, 6.07) is 12.0. The molecule has 2 aromatic rings. The van der Waals surface area contributed by atoms with Crippen molar-refractivity contribution < 1.29 is 9.13 Å². The fraction of sp³-hybridized carbons (Fsp3) is 0.188. The Balaban J connectivity index is 1.80. The van der Waals surface area contributed by atoms with E-state index in [0.29, 0.717) is 23.2 Å². The molecule has 22 heavy (non-hydrogen) atoms. The monoisotopic (exact) mass is 338 g/mol. The molecule has 0 bridgehead atoms. The maximum absolute atomic E-state index is 13.0. The second-order valence-electron chi connectivity index (χ2n) is 4.62. The number of benzene rings is 2. The molecule has 2 aromatic carbocycles. The summed E-state index contributed by atoms with van der Waals surface area (Å²) in [6.07, 6.45) is 0. The van der Waals surface area contributed by atoms with Crippen molar-refractivity contribution in [2.45, 2.75) is 13.1 Å². The summed E-state index contributed by atoms with van der Waals surface area (Å²) < 4.78 is 18.1. The van der Waals surface area contributed by atoms with Crippen molar-refractivity contribution >= 4 is 28.9 Å². The third-order valence-corrected chi connectivity index (χ3v) is 3.71. The van der Waals surface area contributed by atoms with Crippen molar-refractivity contribution in [2.75, 3.05) is 7.11 Å².